The van der Waals surface area contributed by atoms with E-state index in [2.05, 4.69) is 66.3 Å². The Kier molecular flexibility index (Phi) is 2.41. The zero-order valence-electron chi connectivity index (χ0n) is 9.68. The number of rotatable bonds is 0. The Balaban J connectivity index is 0.000000478. The van der Waals surface area contributed by atoms with Gasteiger partial charge in [-0.3, -0.25) is 0 Å². The third-order valence-corrected chi connectivity index (χ3v) is 3.39. The van der Waals surface area contributed by atoms with Crippen LogP contribution < -0.4 is 0 Å². The molecule has 0 heterocycles. The van der Waals surface area contributed by atoms with Gasteiger partial charge in [-0.1, -0.05) is 66.3 Å². The third kappa shape index (κ3) is 1.36. The summed E-state index contributed by atoms with van der Waals surface area (Å²) in [7, 11) is 0. The van der Waals surface area contributed by atoms with Crippen LogP contribution in [0.5, 0.6) is 0 Å². The van der Waals surface area contributed by atoms with Crippen molar-refractivity contribution >= 4 is 32.3 Å². The lowest BCUT2D eigenvalue weighted by atomic mass is 9.95. The van der Waals surface area contributed by atoms with E-state index in [4.69, 9.17) is 4.91 Å². The molecule has 0 bridgehead atoms. The van der Waals surface area contributed by atoms with Gasteiger partial charge in [-0.15, -0.1) is 0 Å². The molecule has 0 aliphatic carbocycles. The molecule has 2 nitrogen and oxygen atoms in total. The number of hydrogen-bond acceptors (Lipinski definition) is 2. The lowest BCUT2D eigenvalue weighted by Crippen LogP contribution is -1.82. The van der Waals surface area contributed by atoms with Gasteiger partial charge in [-0.05, 0) is 32.3 Å². The first-order chi connectivity index (χ1) is 8.93. The second-order valence-corrected chi connectivity index (χ2v) is 4.29. The van der Waals surface area contributed by atoms with Crippen LogP contribution in [-0.2, 0) is 0 Å². The Morgan fingerprint density at radius 1 is 0.500 bits per heavy atom. The topological polar surface area (TPSA) is 40.9 Å². The molecular weight excluding hydrogens is 222 g/mol. The maximum atomic E-state index is 7.50. The van der Waals surface area contributed by atoms with Crippen molar-refractivity contribution < 1.29 is 0 Å². The molecule has 0 radical (unpaired) electrons. The van der Waals surface area contributed by atoms with Crippen LogP contribution in [0.3, 0.4) is 0 Å². The van der Waals surface area contributed by atoms with E-state index in [9.17, 15) is 0 Å². The largest absolute Gasteiger partial charge is 0.154 e. The first kappa shape index (κ1) is 10.7. The molecule has 0 unspecified atom stereocenters. The van der Waals surface area contributed by atoms with Crippen molar-refractivity contribution in [3.8, 4) is 0 Å². The smallest absolute Gasteiger partial charge is 0.00268 e. The number of benzene rings is 4. The quantitative estimate of drug-likeness (QED) is 0.340. The fourth-order valence-corrected chi connectivity index (χ4v) is 2.67. The molecule has 0 atom stereocenters. The minimum Gasteiger partial charge on any atom is -0.154 e. The summed E-state index contributed by atoms with van der Waals surface area (Å²) < 4.78 is 0. The Morgan fingerprint density at radius 2 is 0.778 bits per heavy atom. The molecule has 1 N–H and O–H groups in total. The average molecular weight is 233 g/mol. The summed E-state index contributed by atoms with van der Waals surface area (Å²) in [6, 6.07) is 21.9. The number of nitrogens with one attached hydrogen (secondary N) is 1. The molecule has 86 valence electrons. The van der Waals surface area contributed by atoms with Gasteiger partial charge in [0, 0.05) is 0 Å². The molecule has 0 spiro atoms. The van der Waals surface area contributed by atoms with Crippen LogP contribution >= 0.6 is 0 Å². The summed E-state index contributed by atoms with van der Waals surface area (Å²) in [4.78, 5) is 7.50. The molecule has 0 aliphatic rings. The SMILES string of the molecule is N=O.c1cc2ccc3cccc4ccc(c1)c2c34. The zero-order valence-corrected chi connectivity index (χ0v) is 9.68. The molecule has 0 amide bonds. The van der Waals surface area contributed by atoms with Gasteiger partial charge in [0.25, 0.3) is 0 Å². The highest BCUT2D eigenvalue weighted by molar-refractivity contribution is 6.22. The van der Waals surface area contributed by atoms with Crippen molar-refractivity contribution in [1.82, 2.24) is 0 Å². The van der Waals surface area contributed by atoms with Gasteiger partial charge in [0.1, 0.15) is 0 Å². The summed E-state index contributed by atoms with van der Waals surface area (Å²) in [6.45, 7) is 0. The number of nitroso groups, excluding NO2 is 1. The van der Waals surface area contributed by atoms with Gasteiger partial charge in [-0.2, -0.15) is 4.91 Å². The summed E-state index contributed by atoms with van der Waals surface area (Å²) in [5.41, 5.74) is 4.50. The molecule has 18 heavy (non-hydrogen) atoms. The molecule has 4 aromatic carbocycles. The molecule has 2 heteroatoms. The standard InChI is InChI=1S/C16H10.HNO/c1-3-11-7-9-13-5-2-6-14-10-8-12(4-1)15(11)16(13)14;1-2/h1-10H;1H. The average Bonchev–Trinajstić information content (AvgIpc) is 2.47. The van der Waals surface area contributed by atoms with Gasteiger partial charge in [0.05, 0.1) is 0 Å². The Morgan fingerprint density at radius 3 is 1.06 bits per heavy atom. The monoisotopic (exact) mass is 233 g/mol. The van der Waals surface area contributed by atoms with E-state index < -0.39 is 0 Å². The lowest BCUT2D eigenvalue weighted by molar-refractivity contribution is 1.49. The van der Waals surface area contributed by atoms with Crippen LogP contribution in [0.1, 0.15) is 0 Å². The Hall–Kier alpha value is -2.48. The fraction of sp³-hybridized carbons (Fsp3) is 0. The van der Waals surface area contributed by atoms with Crippen LogP contribution in [0.15, 0.2) is 60.7 Å². The predicted molar refractivity (Wildman–Crippen MR) is 76.2 cm³/mol. The highest BCUT2D eigenvalue weighted by atomic mass is 16.2. The van der Waals surface area contributed by atoms with Crippen LogP contribution in [0.2, 0.25) is 0 Å². The molecule has 0 saturated heterocycles. The summed E-state index contributed by atoms with van der Waals surface area (Å²) in [6.07, 6.45) is 0. The molecular formula is C16H11NO. The molecule has 4 aromatic rings. The van der Waals surface area contributed by atoms with Crippen LogP contribution in [-0.4, -0.2) is 0 Å². The molecule has 0 fully saturated rings. The van der Waals surface area contributed by atoms with Crippen molar-refractivity contribution in [3.63, 3.8) is 0 Å². The van der Waals surface area contributed by atoms with Crippen LogP contribution in [0.4, 0.5) is 0 Å². The third-order valence-electron chi connectivity index (χ3n) is 3.39. The van der Waals surface area contributed by atoms with Crippen molar-refractivity contribution in [2.75, 3.05) is 0 Å². The fourth-order valence-electron chi connectivity index (χ4n) is 2.67. The normalized spacial score (nSPS) is 10.7. The zero-order chi connectivity index (χ0) is 12.5. The van der Waals surface area contributed by atoms with Crippen molar-refractivity contribution in [3.05, 3.63) is 65.6 Å². The van der Waals surface area contributed by atoms with Crippen molar-refractivity contribution in [1.29, 1.82) is 5.59 Å². The van der Waals surface area contributed by atoms with E-state index in [1.165, 1.54) is 32.3 Å². The van der Waals surface area contributed by atoms with Crippen LogP contribution in [0, 0.1) is 10.5 Å². The maximum absolute atomic E-state index is 7.50. The van der Waals surface area contributed by atoms with E-state index in [0.717, 1.165) is 0 Å². The molecule has 0 aromatic heterocycles. The van der Waals surface area contributed by atoms with Gasteiger partial charge in [0.2, 0.25) is 0 Å². The van der Waals surface area contributed by atoms with Crippen LogP contribution in [0.25, 0.3) is 32.3 Å². The Labute approximate surface area is 104 Å². The van der Waals surface area contributed by atoms with Gasteiger partial charge in [0.15, 0.2) is 0 Å². The highest BCUT2D eigenvalue weighted by Crippen LogP contribution is 2.33. The molecule has 4 rings (SSSR count). The van der Waals surface area contributed by atoms with E-state index in [-0.39, 0.29) is 0 Å². The van der Waals surface area contributed by atoms with Gasteiger partial charge < -0.3 is 0 Å². The van der Waals surface area contributed by atoms with E-state index in [1.807, 2.05) is 0 Å². The second kappa shape index (κ2) is 4.08. The maximum Gasteiger partial charge on any atom is -0.00268 e. The predicted octanol–water partition coefficient (Wildman–Crippen LogP) is 4.92. The van der Waals surface area contributed by atoms with E-state index >= 15 is 0 Å². The van der Waals surface area contributed by atoms with Gasteiger partial charge in [-0.25, -0.2) is 0 Å². The van der Waals surface area contributed by atoms with E-state index in [1.54, 1.807) is 0 Å². The van der Waals surface area contributed by atoms with Crippen molar-refractivity contribution in [2.45, 2.75) is 0 Å². The first-order valence-corrected chi connectivity index (χ1v) is 5.76. The number of hydrogen-bond donors (Lipinski definition) is 1. The summed E-state index contributed by atoms with van der Waals surface area (Å²) >= 11 is 0. The van der Waals surface area contributed by atoms with Crippen molar-refractivity contribution in [2.24, 2.45) is 0 Å². The summed E-state index contributed by atoms with van der Waals surface area (Å²) in [5.74, 6) is 0. The molecule has 0 saturated carbocycles. The summed E-state index contributed by atoms with van der Waals surface area (Å²) in [5, 5.41) is 8.14. The minimum absolute atomic E-state index is 1.34. The highest BCUT2D eigenvalue weighted by Gasteiger charge is 2.05. The minimum atomic E-state index is 1.34. The second-order valence-electron chi connectivity index (χ2n) is 4.29. The lowest BCUT2D eigenvalue weighted by Gasteiger charge is -2.09. The van der Waals surface area contributed by atoms with E-state index in [0.29, 0.717) is 0 Å². The molecule has 0 aliphatic heterocycles. The van der Waals surface area contributed by atoms with Gasteiger partial charge >= 0.3 is 0 Å². The Bertz CT molecular complexity index is 693. The first-order valence-electron chi connectivity index (χ1n) is 5.76.